The summed E-state index contributed by atoms with van der Waals surface area (Å²) in [7, 11) is -3.72. The van der Waals surface area contributed by atoms with Crippen LogP contribution in [0.5, 0.6) is 0 Å². The second kappa shape index (κ2) is 11.1. The fourth-order valence-electron chi connectivity index (χ4n) is 5.17. The molecule has 0 aliphatic carbocycles. The summed E-state index contributed by atoms with van der Waals surface area (Å²) in [6, 6.07) is 20.3. The van der Waals surface area contributed by atoms with Crippen LogP contribution in [-0.2, 0) is 10.0 Å². The number of rotatable bonds is 8. The lowest BCUT2D eigenvalue weighted by atomic mass is 9.94. The fraction of sp³-hybridized carbons (Fsp3) is 0.267. The largest absolute Gasteiger partial charge is 0.450 e. The van der Waals surface area contributed by atoms with Crippen molar-refractivity contribution < 1.29 is 22.4 Å². The van der Waals surface area contributed by atoms with E-state index in [2.05, 4.69) is 35.1 Å². The molecule has 39 heavy (non-hydrogen) atoms. The first-order valence-corrected chi connectivity index (χ1v) is 15.1. The number of sulfonamides is 1. The van der Waals surface area contributed by atoms with E-state index in [1.165, 1.54) is 16.4 Å². The second-order valence-electron chi connectivity index (χ2n) is 10.2. The van der Waals surface area contributed by atoms with Crippen molar-refractivity contribution in [2.24, 2.45) is 11.8 Å². The van der Waals surface area contributed by atoms with Gasteiger partial charge in [-0.15, -0.1) is 0 Å². The van der Waals surface area contributed by atoms with Gasteiger partial charge in [0.2, 0.25) is 15.8 Å². The summed E-state index contributed by atoms with van der Waals surface area (Å²) in [5, 5.41) is 3.77. The zero-order chi connectivity index (χ0) is 27.7. The number of hydrogen-bond acceptors (Lipinski definition) is 6. The van der Waals surface area contributed by atoms with Gasteiger partial charge in [-0.3, -0.25) is 9.59 Å². The number of nitrogens with zero attached hydrogens (tertiary/aromatic N) is 1. The zero-order valence-corrected chi connectivity index (χ0v) is 24.1. The molecule has 0 bridgehead atoms. The average Bonchev–Trinajstić information content (AvgIpc) is 3.30. The van der Waals surface area contributed by atoms with E-state index in [4.69, 9.17) is 4.42 Å². The van der Waals surface area contributed by atoms with Crippen molar-refractivity contribution in [2.45, 2.75) is 25.2 Å². The Kier molecular flexibility index (Phi) is 7.75. The van der Waals surface area contributed by atoms with Gasteiger partial charge in [0.05, 0.1) is 17.1 Å². The molecule has 2 unspecified atom stereocenters. The van der Waals surface area contributed by atoms with Crippen LogP contribution in [0.3, 0.4) is 0 Å². The van der Waals surface area contributed by atoms with Gasteiger partial charge in [0.15, 0.2) is 11.5 Å². The third kappa shape index (κ3) is 5.71. The lowest BCUT2D eigenvalue weighted by Gasteiger charge is -2.34. The molecule has 1 aliphatic heterocycles. The van der Waals surface area contributed by atoms with Gasteiger partial charge in [-0.1, -0.05) is 54.0 Å². The third-order valence-corrected chi connectivity index (χ3v) is 9.32. The lowest BCUT2D eigenvalue weighted by Crippen LogP contribution is -2.42. The Bertz CT molecular complexity index is 1640. The van der Waals surface area contributed by atoms with Crippen LogP contribution < -0.4 is 5.32 Å². The number of anilines is 1. The Morgan fingerprint density at radius 3 is 2.36 bits per heavy atom. The molecule has 1 N–H and O–H groups in total. The molecular formula is C30H29BrN2O5S. The van der Waals surface area contributed by atoms with Crippen molar-refractivity contribution in [1.82, 2.24) is 4.31 Å². The molecule has 3 aromatic carbocycles. The number of carbonyl (C=O) groups is 2. The normalized spacial score (nSPS) is 18.2. The summed E-state index contributed by atoms with van der Waals surface area (Å²) in [4.78, 5) is 26.6. The van der Waals surface area contributed by atoms with Crippen molar-refractivity contribution in [1.29, 1.82) is 0 Å². The standard InChI is InChI=1S/C30H29BrN2O5S/c1-19-14-20(2)18-33(17-19)39(36,37)24-7-5-6-22(15-24)26(34)16-32-28-25-8-3-4-9-27(25)38-30(28)29(35)21-10-12-23(31)13-11-21/h3-13,15,19-20,32H,14,16-18H2,1-2H3. The summed E-state index contributed by atoms with van der Waals surface area (Å²) in [5.41, 5.74) is 1.67. The number of carbonyl (C=O) groups excluding carboxylic acids is 2. The van der Waals surface area contributed by atoms with Crippen molar-refractivity contribution in [3.63, 3.8) is 0 Å². The molecule has 2 heterocycles. The van der Waals surface area contributed by atoms with E-state index < -0.39 is 10.0 Å². The summed E-state index contributed by atoms with van der Waals surface area (Å²) in [5.74, 6) is 0.0377. The first-order valence-electron chi connectivity index (χ1n) is 12.8. The van der Waals surface area contributed by atoms with Crippen LogP contribution >= 0.6 is 15.9 Å². The summed E-state index contributed by atoms with van der Waals surface area (Å²) < 4.78 is 35.0. The maximum Gasteiger partial charge on any atom is 0.243 e. The molecule has 0 spiro atoms. The van der Waals surface area contributed by atoms with Gasteiger partial charge in [0.1, 0.15) is 5.58 Å². The van der Waals surface area contributed by atoms with E-state index in [0.29, 0.717) is 35.3 Å². The van der Waals surface area contributed by atoms with Crippen molar-refractivity contribution in [2.75, 3.05) is 25.0 Å². The van der Waals surface area contributed by atoms with Gasteiger partial charge in [-0.2, -0.15) is 4.31 Å². The Balaban J connectivity index is 1.39. The molecule has 2 atom stereocenters. The SMILES string of the molecule is CC1CC(C)CN(S(=O)(=O)c2cccc(C(=O)CNc3c(C(=O)c4ccc(Br)cc4)oc4ccccc34)c2)C1. The quantitative estimate of drug-likeness (QED) is 0.233. The summed E-state index contributed by atoms with van der Waals surface area (Å²) in [6.45, 7) is 4.90. The highest BCUT2D eigenvalue weighted by Crippen LogP contribution is 2.33. The van der Waals surface area contributed by atoms with Gasteiger partial charge in [0.25, 0.3) is 0 Å². The van der Waals surface area contributed by atoms with Crippen LogP contribution in [0.15, 0.2) is 86.6 Å². The minimum absolute atomic E-state index is 0.106. The molecule has 5 rings (SSSR count). The lowest BCUT2D eigenvalue weighted by molar-refractivity contribution is 0.0997. The molecule has 7 nitrogen and oxygen atoms in total. The van der Waals surface area contributed by atoms with Crippen molar-refractivity contribution in [3.05, 3.63) is 94.2 Å². The fourth-order valence-corrected chi connectivity index (χ4v) is 7.16. The van der Waals surface area contributed by atoms with Gasteiger partial charge < -0.3 is 9.73 Å². The van der Waals surface area contributed by atoms with E-state index in [0.717, 1.165) is 10.9 Å². The molecule has 0 radical (unpaired) electrons. The number of Topliss-reactive ketones (excluding diaryl/α,β-unsaturated/α-hetero) is 1. The molecule has 0 amide bonds. The first-order chi connectivity index (χ1) is 18.6. The van der Waals surface area contributed by atoms with Crippen LogP contribution in [0.1, 0.15) is 46.7 Å². The Morgan fingerprint density at radius 1 is 0.949 bits per heavy atom. The molecular weight excluding hydrogens is 580 g/mol. The maximum atomic E-state index is 13.4. The van der Waals surface area contributed by atoms with E-state index in [1.807, 2.05) is 18.2 Å². The Morgan fingerprint density at radius 2 is 1.64 bits per heavy atom. The van der Waals surface area contributed by atoms with E-state index in [9.17, 15) is 18.0 Å². The van der Waals surface area contributed by atoms with Gasteiger partial charge in [-0.25, -0.2) is 8.42 Å². The first kappa shape index (κ1) is 27.3. The van der Waals surface area contributed by atoms with Crippen LogP contribution in [-0.4, -0.2) is 43.9 Å². The average molecular weight is 610 g/mol. The molecule has 202 valence electrons. The Hall–Kier alpha value is -3.27. The van der Waals surface area contributed by atoms with E-state index in [-0.39, 0.29) is 46.2 Å². The zero-order valence-electron chi connectivity index (χ0n) is 21.7. The number of hydrogen-bond donors (Lipinski definition) is 1. The van der Waals surface area contributed by atoms with Crippen molar-refractivity contribution in [3.8, 4) is 0 Å². The van der Waals surface area contributed by atoms with Crippen LogP contribution in [0.2, 0.25) is 0 Å². The molecule has 1 fully saturated rings. The molecule has 1 aromatic heterocycles. The van der Waals surface area contributed by atoms with Gasteiger partial charge >= 0.3 is 0 Å². The highest BCUT2D eigenvalue weighted by Gasteiger charge is 2.32. The van der Waals surface area contributed by atoms with Crippen molar-refractivity contribution >= 4 is 54.2 Å². The molecule has 1 aliphatic rings. The predicted molar refractivity (Wildman–Crippen MR) is 155 cm³/mol. The van der Waals surface area contributed by atoms with E-state index >= 15 is 0 Å². The summed E-state index contributed by atoms with van der Waals surface area (Å²) >= 11 is 3.38. The van der Waals surface area contributed by atoms with Crippen LogP contribution in [0.25, 0.3) is 11.0 Å². The van der Waals surface area contributed by atoms with Crippen LogP contribution in [0.4, 0.5) is 5.69 Å². The number of furan rings is 1. The summed E-state index contributed by atoms with van der Waals surface area (Å²) in [6.07, 6.45) is 0.991. The molecule has 9 heteroatoms. The topological polar surface area (TPSA) is 96.7 Å². The highest BCUT2D eigenvalue weighted by molar-refractivity contribution is 9.10. The van der Waals surface area contributed by atoms with Gasteiger partial charge in [0, 0.05) is 34.1 Å². The number of para-hydroxylation sites is 1. The van der Waals surface area contributed by atoms with E-state index in [1.54, 1.807) is 42.5 Å². The molecule has 0 saturated carbocycles. The van der Waals surface area contributed by atoms with Crippen LogP contribution in [0, 0.1) is 11.8 Å². The number of nitrogens with one attached hydrogen (secondary N) is 1. The minimum atomic E-state index is -3.72. The molecule has 1 saturated heterocycles. The molecule has 4 aromatic rings. The number of ketones is 2. The number of benzene rings is 3. The number of fused-ring (bicyclic) bond motifs is 1. The van der Waals surface area contributed by atoms with Gasteiger partial charge in [-0.05, 0) is 66.8 Å². The third-order valence-electron chi connectivity index (χ3n) is 6.96. The smallest absolute Gasteiger partial charge is 0.243 e. The second-order valence-corrected chi connectivity index (χ2v) is 13.1. The number of piperidine rings is 1. The predicted octanol–water partition coefficient (Wildman–Crippen LogP) is 6.39. The number of halogens is 1. The monoisotopic (exact) mass is 608 g/mol. The minimum Gasteiger partial charge on any atom is -0.450 e. The highest BCUT2D eigenvalue weighted by atomic mass is 79.9. The maximum absolute atomic E-state index is 13.4. The Labute approximate surface area is 236 Å².